The molecule has 5 nitrogen and oxygen atoms in total. The van der Waals surface area contributed by atoms with Crippen molar-refractivity contribution in [1.29, 1.82) is 0 Å². The van der Waals surface area contributed by atoms with E-state index in [0.717, 1.165) is 24.4 Å². The normalized spacial score (nSPS) is 20.7. The third-order valence-corrected chi connectivity index (χ3v) is 6.56. The molecule has 0 N–H and O–H groups in total. The van der Waals surface area contributed by atoms with Crippen LogP contribution in [0.5, 0.6) is 0 Å². The topological polar surface area (TPSA) is 59.4 Å². The van der Waals surface area contributed by atoms with Crippen LogP contribution in [0.1, 0.15) is 40.2 Å². The Hall–Kier alpha value is -2.66. The summed E-state index contributed by atoms with van der Waals surface area (Å²) in [4.78, 5) is 39.5. The van der Waals surface area contributed by atoms with E-state index in [2.05, 4.69) is 4.57 Å². The number of carbonyl (C=O) groups excluding carboxylic acids is 3. The maximum Gasteiger partial charge on any atom is 0.233 e. The van der Waals surface area contributed by atoms with Crippen molar-refractivity contribution in [3.05, 3.63) is 70.0 Å². The Balaban J connectivity index is 1.47. The minimum atomic E-state index is -0.304. The zero-order valence-corrected chi connectivity index (χ0v) is 18.0. The Morgan fingerprint density at radius 2 is 1.63 bits per heavy atom. The monoisotopic (exact) mass is 424 g/mol. The third kappa shape index (κ3) is 3.74. The fourth-order valence-corrected chi connectivity index (χ4v) is 4.70. The van der Waals surface area contributed by atoms with Gasteiger partial charge >= 0.3 is 0 Å². The molecule has 1 aromatic heterocycles. The van der Waals surface area contributed by atoms with Gasteiger partial charge in [-0.05, 0) is 56.9 Å². The largest absolute Gasteiger partial charge is 0.348 e. The Kier molecular flexibility index (Phi) is 5.65. The van der Waals surface area contributed by atoms with Crippen LogP contribution in [-0.4, -0.2) is 33.6 Å². The lowest BCUT2D eigenvalue weighted by Crippen LogP contribution is -2.36. The summed E-state index contributed by atoms with van der Waals surface area (Å²) in [5.41, 5.74) is 3.60. The standard InChI is InChI=1S/C24H25ClN2O3/c1-15-13-21(16(2)26(15)12-11-17-7-9-18(25)10-8-17)22(28)14-27-23(29)19-5-3-4-6-20(19)24(27)30/h3-4,7-10,13,19-20H,5-6,11-12,14H2,1-2H3/t19-,20+. The number of benzene rings is 1. The SMILES string of the molecule is Cc1cc(C(=O)CN2C(=O)[C@H]3CC=CC[C@H]3C2=O)c(C)n1CCc1ccc(Cl)cc1. The first-order valence-electron chi connectivity index (χ1n) is 10.3. The summed E-state index contributed by atoms with van der Waals surface area (Å²) in [6, 6.07) is 9.61. The van der Waals surface area contributed by atoms with Gasteiger partial charge in [-0.3, -0.25) is 19.3 Å². The second-order valence-corrected chi connectivity index (χ2v) is 8.59. The number of amides is 2. The molecule has 1 aliphatic carbocycles. The Bertz CT molecular complexity index is 1010. The predicted molar refractivity (Wildman–Crippen MR) is 115 cm³/mol. The molecule has 2 heterocycles. The highest BCUT2D eigenvalue weighted by atomic mass is 35.5. The molecule has 0 spiro atoms. The highest BCUT2D eigenvalue weighted by molar-refractivity contribution is 6.30. The Morgan fingerprint density at radius 3 is 2.23 bits per heavy atom. The molecular formula is C24H25ClN2O3. The van der Waals surface area contributed by atoms with Gasteiger partial charge in [-0.2, -0.15) is 0 Å². The molecule has 30 heavy (non-hydrogen) atoms. The van der Waals surface area contributed by atoms with Crippen LogP contribution in [0.4, 0.5) is 0 Å². The number of likely N-dealkylation sites (tertiary alicyclic amines) is 1. The molecule has 0 bridgehead atoms. The van der Waals surface area contributed by atoms with Gasteiger partial charge in [-0.1, -0.05) is 35.9 Å². The van der Waals surface area contributed by atoms with E-state index < -0.39 is 0 Å². The van der Waals surface area contributed by atoms with E-state index in [4.69, 9.17) is 11.6 Å². The summed E-state index contributed by atoms with van der Waals surface area (Å²) in [6.45, 7) is 4.45. The van der Waals surface area contributed by atoms with Crippen molar-refractivity contribution in [3.63, 3.8) is 0 Å². The molecule has 1 aromatic carbocycles. The first kappa shape index (κ1) is 20.6. The number of allylic oxidation sites excluding steroid dienone is 2. The number of hydrogen-bond donors (Lipinski definition) is 0. The third-order valence-electron chi connectivity index (χ3n) is 6.31. The average molecular weight is 425 g/mol. The molecule has 2 aromatic rings. The molecule has 1 saturated heterocycles. The summed E-state index contributed by atoms with van der Waals surface area (Å²) in [6.07, 6.45) is 5.89. The predicted octanol–water partition coefficient (Wildman–Crippen LogP) is 4.13. The maximum atomic E-state index is 13.0. The molecule has 0 radical (unpaired) electrons. The smallest absolute Gasteiger partial charge is 0.233 e. The summed E-state index contributed by atoms with van der Waals surface area (Å²) in [5.74, 6) is -1.21. The van der Waals surface area contributed by atoms with E-state index in [1.807, 2.05) is 56.3 Å². The number of ketones is 1. The molecule has 1 fully saturated rings. The van der Waals surface area contributed by atoms with Crippen molar-refractivity contribution in [2.24, 2.45) is 11.8 Å². The molecule has 2 amide bonds. The van der Waals surface area contributed by atoms with E-state index in [-0.39, 0.29) is 36.0 Å². The van der Waals surface area contributed by atoms with Crippen LogP contribution in [-0.2, 0) is 22.6 Å². The first-order chi connectivity index (χ1) is 14.4. The van der Waals surface area contributed by atoms with Gasteiger partial charge in [0.1, 0.15) is 0 Å². The Labute approximate surface area is 181 Å². The van der Waals surface area contributed by atoms with Gasteiger partial charge in [-0.15, -0.1) is 0 Å². The Morgan fingerprint density at radius 1 is 1.03 bits per heavy atom. The molecule has 0 saturated carbocycles. The number of aryl methyl sites for hydroxylation is 2. The minimum Gasteiger partial charge on any atom is -0.348 e. The number of hydrogen-bond acceptors (Lipinski definition) is 3. The van der Waals surface area contributed by atoms with Crippen LogP contribution in [0.25, 0.3) is 0 Å². The van der Waals surface area contributed by atoms with E-state index in [0.29, 0.717) is 23.4 Å². The number of fused-ring (bicyclic) bond motifs is 1. The van der Waals surface area contributed by atoms with Gasteiger partial charge in [0.05, 0.1) is 18.4 Å². The number of rotatable bonds is 6. The van der Waals surface area contributed by atoms with E-state index in [1.165, 1.54) is 10.5 Å². The van der Waals surface area contributed by atoms with Crippen LogP contribution >= 0.6 is 11.6 Å². The second kappa shape index (κ2) is 8.23. The van der Waals surface area contributed by atoms with Gasteiger partial charge in [0.15, 0.2) is 5.78 Å². The molecule has 4 rings (SSSR count). The second-order valence-electron chi connectivity index (χ2n) is 8.15. The van der Waals surface area contributed by atoms with Gasteiger partial charge < -0.3 is 4.57 Å². The molecule has 2 atom stereocenters. The lowest BCUT2D eigenvalue weighted by Gasteiger charge is -2.14. The zero-order valence-electron chi connectivity index (χ0n) is 17.2. The molecule has 0 unspecified atom stereocenters. The number of carbonyl (C=O) groups is 3. The van der Waals surface area contributed by atoms with Crippen molar-refractivity contribution >= 4 is 29.2 Å². The number of imide groups is 1. The van der Waals surface area contributed by atoms with Crippen LogP contribution < -0.4 is 0 Å². The van der Waals surface area contributed by atoms with Crippen LogP contribution in [0, 0.1) is 25.7 Å². The molecule has 2 aliphatic rings. The van der Waals surface area contributed by atoms with Crippen LogP contribution in [0.2, 0.25) is 5.02 Å². The molecule has 6 heteroatoms. The van der Waals surface area contributed by atoms with Gasteiger partial charge in [0, 0.05) is 28.5 Å². The number of nitrogens with zero attached hydrogens (tertiary/aromatic N) is 2. The summed E-state index contributed by atoms with van der Waals surface area (Å²) in [7, 11) is 0. The highest BCUT2D eigenvalue weighted by Gasteiger charge is 2.47. The summed E-state index contributed by atoms with van der Waals surface area (Å²) in [5, 5.41) is 0.710. The van der Waals surface area contributed by atoms with Crippen LogP contribution in [0.15, 0.2) is 42.5 Å². The van der Waals surface area contributed by atoms with Crippen LogP contribution in [0.3, 0.4) is 0 Å². The zero-order chi connectivity index (χ0) is 21.4. The molecule has 156 valence electrons. The van der Waals surface area contributed by atoms with Gasteiger partial charge in [-0.25, -0.2) is 0 Å². The lowest BCUT2D eigenvalue weighted by atomic mass is 9.85. The highest BCUT2D eigenvalue weighted by Crippen LogP contribution is 2.35. The van der Waals surface area contributed by atoms with Crippen molar-refractivity contribution in [2.45, 2.75) is 39.7 Å². The van der Waals surface area contributed by atoms with Gasteiger partial charge in [0.2, 0.25) is 11.8 Å². The quantitative estimate of drug-likeness (QED) is 0.398. The molecule has 1 aliphatic heterocycles. The number of Topliss-reactive ketones (excluding diaryl/α,β-unsaturated/α-hetero) is 1. The van der Waals surface area contributed by atoms with Crippen molar-refractivity contribution < 1.29 is 14.4 Å². The first-order valence-corrected chi connectivity index (χ1v) is 10.7. The summed E-state index contributed by atoms with van der Waals surface area (Å²) >= 11 is 5.95. The molecular weight excluding hydrogens is 400 g/mol. The minimum absolute atomic E-state index is 0.174. The number of aromatic nitrogens is 1. The maximum absolute atomic E-state index is 13.0. The van der Waals surface area contributed by atoms with Crippen molar-refractivity contribution in [3.8, 4) is 0 Å². The van der Waals surface area contributed by atoms with E-state index >= 15 is 0 Å². The average Bonchev–Trinajstić information content (AvgIpc) is 3.16. The van der Waals surface area contributed by atoms with Gasteiger partial charge in [0.25, 0.3) is 0 Å². The van der Waals surface area contributed by atoms with Crippen molar-refractivity contribution in [1.82, 2.24) is 9.47 Å². The summed E-state index contributed by atoms with van der Waals surface area (Å²) < 4.78 is 2.11. The fraction of sp³-hybridized carbons (Fsp3) is 0.375. The van der Waals surface area contributed by atoms with E-state index in [1.54, 1.807) is 0 Å². The fourth-order valence-electron chi connectivity index (χ4n) is 4.57. The van der Waals surface area contributed by atoms with Crippen molar-refractivity contribution in [2.75, 3.05) is 6.54 Å². The lowest BCUT2D eigenvalue weighted by molar-refractivity contribution is -0.139. The van der Waals surface area contributed by atoms with E-state index in [9.17, 15) is 14.4 Å². The number of halogens is 1.